The first-order valence-electron chi connectivity index (χ1n) is 6.40. The Kier molecular flexibility index (Phi) is 5.64. The Hall–Kier alpha value is -0.390. The first-order valence-corrected chi connectivity index (χ1v) is 8.45. The molecule has 0 radical (unpaired) electrons. The zero-order valence-corrected chi connectivity index (χ0v) is 14.7. The van der Waals surface area contributed by atoms with E-state index < -0.39 is 0 Å². The smallest absolute Gasteiger partial charge is 0.0471 e. The van der Waals surface area contributed by atoms with Gasteiger partial charge >= 0.3 is 0 Å². The predicted molar refractivity (Wildman–Crippen MR) is 91.5 cm³/mol. The lowest BCUT2D eigenvalue weighted by Crippen LogP contribution is -2.30. The number of halogens is 2. The van der Waals surface area contributed by atoms with E-state index in [4.69, 9.17) is 17.3 Å². The minimum Gasteiger partial charge on any atom is -0.329 e. The molecule has 2 N–H and O–H groups in total. The lowest BCUT2D eigenvalue weighted by atomic mass is 10.0. The van der Waals surface area contributed by atoms with Crippen LogP contribution in [0, 0.1) is 6.92 Å². The molecular weight excluding hydrogens is 356 g/mol. The Morgan fingerprint density at radius 3 is 2.70 bits per heavy atom. The van der Waals surface area contributed by atoms with Crippen LogP contribution in [0.25, 0.3) is 0 Å². The minimum absolute atomic E-state index is 0.175. The number of aryl methyl sites for hydroxylation is 1. The fourth-order valence-corrected chi connectivity index (χ4v) is 3.88. The van der Waals surface area contributed by atoms with Crippen LogP contribution in [0.3, 0.4) is 0 Å². The summed E-state index contributed by atoms with van der Waals surface area (Å²) >= 11 is 11.5. The van der Waals surface area contributed by atoms with E-state index in [-0.39, 0.29) is 6.04 Å². The molecule has 0 spiro atoms. The van der Waals surface area contributed by atoms with Gasteiger partial charge in [0.25, 0.3) is 0 Å². The molecular formula is C15H18BrClN2S. The lowest BCUT2D eigenvalue weighted by molar-refractivity contribution is 0.244. The van der Waals surface area contributed by atoms with E-state index in [1.165, 1.54) is 10.4 Å². The van der Waals surface area contributed by atoms with Crippen molar-refractivity contribution in [2.75, 3.05) is 13.6 Å². The van der Waals surface area contributed by atoms with Gasteiger partial charge in [-0.1, -0.05) is 23.7 Å². The molecule has 0 aliphatic rings. The third-order valence-corrected chi connectivity index (χ3v) is 5.45. The van der Waals surface area contributed by atoms with Crippen molar-refractivity contribution in [3.8, 4) is 0 Å². The topological polar surface area (TPSA) is 29.3 Å². The van der Waals surface area contributed by atoms with Crippen molar-refractivity contribution < 1.29 is 0 Å². The van der Waals surface area contributed by atoms with Gasteiger partial charge in [0.15, 0.2) is 0 Å². The number of likely N-dealkylation sites (N-methyl/N-ethyl adjacent to an activating group) is 1. The van der Waals surface area contributed by atoms with Crippen LogP contribution in [0.4, 0.5) is 0 Å². The molecule has 0 bridgehead atoms. The summed E-state index contributed by atoms with van der Waals surface area (Å²) in [4.78, 5) is 3.58. The van der Waals surface area contributed by atoms with Gasteiger partial charge in [0.2, 0.25) is 0 Å². The maximum absolute atomic E-state index is 6.22. The van der Waals surface area contributed by atoms with E-state index in [1.54, 1.807) is 11.3 Å². The van der Waals surface area contributed by atoms with Crippen molar-refractivity contribution in [3.63, 3.8) is 0 Å². The lowest BCUT2D eigenvalue weighted by Gasteiger charge is -2.27. The molecule has 0 aliphatic heterocycles. The quantitative estimate of drug-likeness (QED) is 0.829. The number of benzene rings is 1. The molecule has 0 fully saturated rings. The molecule has 5 heteroatoms. The molecule has 0 saturated carbocycles. The molecule has 1 heterocycles. The molecule has 20 heavy (non-hydrogen) atoms. The van der Waals surface area contributed by atoms with Crippen LogP contribution in [-0.2, 0) is 6.54 Å². The van der Waals surface area contributed by atoms with E-state index in [1.807, 2.05) is 13.0 Å². The summed E-state index contributed by atoms with van der Waals surface area (Å²) in [7, 11) is 2.10. The zero-order valence-electron chi connectivity index (χ0n) is 11.6. The standard InChI is InChI=1S/C15H18BrClN2S/c1-10-3-4-11(5-14(10)17)15(7-18)19(2)8-13-6-12(16)9-20-13/h3-6,9,15H,7-8,18H2,1-2H3. The average molecular weight is 374 g/mol. The summed E-state index contributed by atoms with van der Waals surface area (Å²) in [6, 6.07) is 8.51. The van der Waals surface area contributed by atoms with Crippen molar-refractivity contribution in [1.29, 1.82) is 0 Å². The van der Waals surface area contributed by atoms with Gasteiger partial charge in [-0.05, 0) is 53.2 Å². The molecule has 1 aromatic heterocycles. The Morgan fingerprint density at radius 2 is 2.15 bits per heavy atom. The van der Waals surface area contributed by atoms with Crippen molar-refractivity contribution in [2.45, 2.75) is 19.5 Å². The third-order valence-electron chi connectivity index (χ3n) is 3.36. The second kappa shape index (κ2) is 7.05. The first kappa shape index (κ1) is 16.0. The molecule has 2 rings (SSSR count). The molecule has 0 saturated heterocycles. The average Bonchev–Trinajstić information content (AvgIpc) is 2.80. The van der Waals surface area contributed by atoms with Crippen LogP contribution in [0.1, 0.15) is 22.0 Å². The molecule has 2 nitrogen and oxygen atoms in total. The Morgan fingerprint density at radius 1 is 1.40 bits per heavy atom. The summed E-state index contributed by atoms with van der Waals surface area (Å²) in [5.41, 5.74) is 8.22. The zero-order chi connectivity index (χ0) is 14.7. The molecule has 108 valence electrons. The van der Waals surface area contributed by atoms with E-state index in [0.29, 0.717) is 6.54 Å². The highest BCUT2D eigenvalue weighted by Gasteiger charge is 2.17. The number of hydrogen-bond acceptors (Lipinski definition) is 3. The van der Waals surface area contributed by atoms with Gasteiger partial charge in [0, 0.05) is 38.9 Å². The molecule has 2 aromatic rings. The molecule has 0 amide bonds. The van der Waals surface area contributed by atoms with E-state index in [0.717, 1.165) is 21.6 Å². The van der Waals surface area contributed by atoms with Gasteiger partial charge in [-0.15, -0.1) is 11.3 Å². The van der Waals surface area contributed by atoms with Crippen LogP contribution in [0.15, 0.2) is 34.1 Å². The molecule has 1 aromatic carbocycles. The third kappa shape index (κ3) is 3.83. The molecule has 1 atom stereocenters. The fourth-order valence-electron chi connectivity index (χ4n) is 2.18. The van der Waals surface area contributed by atoms with Crippen molar-refractivity contribution in [2.24, 2.45) is 5.73 Å². The first-order chi connectivity index (χ1) is 9.51. The van der Waals surface area contributed by atoms with Crippen LogP contribution in [0.5, 0.6) is 0 Å². The minimum atomic E-state index is 0.175. The highest BCUT2D eigenvalue weighted by atomic mass is 79.9. The van der Waals surface area contributed by atoms with Crippen molar-refractivity contribution >= 4 is 38.9 Å². The monoisotopic (exact) mass is 372 g/mol. The Balaban J connectivity index is 2.16. The molecule has 0 aliphatic carbocycles. The van der Waals surface area contributed by atoms with Crippen LogP contribution in [0.2, 0.25) is 5.02 Å². The SMILES string of the molecule is Cc1ccc(C(CN)N(C)Cc2cc(Br)cs2)cc1Cl. The maximum Gasteiger partial charge on any atom is 0.0471 e. The summed E-state index contributed by atoms with van der Waals surface area (Å²) in [6.45, 7) is 3.46. The van der Waals surface area contributed by atoms with E-state index in [9.17, 15) is 0 Å². The van der Waals surface area contributed by atoms with Crippen molar-refractivity contribution in [3.05, 3.63) is 55.1 Å². The second-order valence-corrected chi connectivity index (χ2v) is 7.23. The van der Waals surface area contributed by atoms with Gasteiger partial charge in [-0.25, -0.2) is 0 Å². The van der Waals surface area contributed by atoms with Crippen LogP contribution < -0.4 is 5.73 Å². The fraction of sp³-hybridized carbons (Fsp3) is 0.333. The highest BCUT2D eigenvalue weighted by molar-refractivity contribution is 9.10. The number of thiophene rings is 1. The summed E-state index contributed by atoms with van der Waals surface area (Å²) in [5.74, 6) is 0. The van der Waals surface area contributed by atoms with Gasteiger partial charge < -0.3 is 5.73 Å². The highest BCUT2D eigenvalue weighted by Crippen LogP contribution is 2.27. The van der Waals surface area contributed by atoms with Gasteiger partial charge in [-0.3, -0.25) is 4.90 Å². The van der Waals surface area contributed by atoms with Crippen LogP contribution in [-0.4, -0.2) is 18.5 Å². The maximum atomic E-state index is 6.22. The predicted octanol–water partition coefficient (Wildman–Crippen LogP) is 4.60. The summed E-state index contributed by atoms with van der Waals surface area (Å²) in [5, 5.41) is 2.90. The van der Waals surface area contributed by atoms with Gasteiger partial charge in [0.1, 0.15) is 0 Å². The summed E-state index contributed by atoms with van der Waals surface area (Å²) in [6.07, 6.45) is 0. The number of nitrogens with zero attached hydrogens (tertiary/aromatic N) is 1. The largest absolute Gasteiger partial charge is 0.329 e. The van der Waals surface area contributed by atoms with Gasteiger partial charge in [-0.2, -0.15) is 0 Å². The van der Waals surface area contributed by atoms with E-state index >= 15 is 0 Å². The van der Waals surface area contributed by atoms with Crippen molar-refractivity contribution in [1.82, 2.24) is 4.90 Å². The number of hydrogen-bond donors (Lipinski definition) is 1. The number of rotatable bonds is 5. The van der Waals surface area contributed by atoms with E-state index in [2.05, 4.69) is 51.5 Å². The summed E-state index contributed by atoms with van der Waals surface area (Å²) < 4.78 is 1.13. The second-order valence-electron chi connectivity index (χ2n) is 4.91. The van der Waals surface area contributed by atoms with Gasteiger partial charge in [0.05, 0.1) is 0 Å². The Labute approximate surface area is 137 Å². The molecule has 1 unspecified atom stereocenters. The van der Waals surface area contributed by atoms with Crippen LogP contribution >= 0.6 is 38.9 Å². The number of nitrogens with two attached hydrogens (primary N) is 1. The normalized spacial score (nSPS) is 12.9. The Bertz CT molecular complexity index is 585.